The summed E-state index contributed by atoms with van der Waals surface area (Å²) in [6.07, 6.45) is 5.23. The molecule has 3 heteroatoms. The number of amides is 1. The van der Waals surface area contributed by atoms with Gasteiger partial charge in [0.25, 0.3) is 5.91 Å². The molecule has 1 aliphatic rings. The van der Waals surface area contributed by atoms with E-state index in [4.69, 9.17) is 0 Å². The fourth-order valence-electron chi connectivity index (χ4n) is 2.47. The largest absolute Gasteiger partial charge is 0.507 e. The first kappa shape index (κ1) is 17.1. The Morgan fingerprint density at radius 2 is 1.83 bits per heavy atom. The first-order valence-electron chi connectivity index (χ1n) is 7.48. The number of benzene rings is 1. The second-order valence-corrected chi connectivity index (χ2v) is 5.17. The Morgan fingerprint density at radius 1 is 1.12 bits per heavy atom. The quantitative estimate of drug-likeness (QED) is 0.839. The normalized spacial score (nSPS) is 13.6. The average molecular weight is 317 g/mol. The lowest BCUT2D eigenvalue weighted by molar-refractivity contribution is -0.123. The van der Waals surface area contributed by atoms with Gasteiger partial charge in [-0.25, -0.2) is 0 Å². The molecule has 0 unspecified atom stereocenters. The van der Waals surface area contributed by atoms with Crippen LogP contribution in [-0.4, -0.2) is 22.5 Å². The lowest BCUT2D eigenvalue weighted by Crippen LogP contribution is -2.26. The number of carbonyl (C=O) groups is 1. The lowest BCUT2D eigenvalue weighted by Gasteiger charge is -2.16. The van der Waals surface area contributed by atoms with Crippen LogP contribution >= 0.6 is 0 Å². The summed E-state index contributed by atoms with van der Waals surface area (Å²) in [7, 11) is 0. The molecule has 1 heterocycles. The van der Waals surface area contributed by atoms with E-state index in [1.165, 1.54) is 6.08 Å². The fourth-order valence-corrected chi connectivity index (χ4v) is 2.47. The third kappa shape index (κ3) is 3.23. The molecule has 0 spiro atoms. The molecule has 120 valence electrons. The maximum absolute atomic E-state index is 12.3. The number of allylic oxidation sites excluding steroid dienone is 1. The van der Waals surface area contributed by atoms with Gasteiger partial charge in [-0.05, 0) is 18.2 Å². The molecule has 0 fully saturated rings. The van der Waals surface area contributed by atoms with Crippen LogP contribution in [0, 0.1) is 11.8 Å². The Morgan fingerprint density at radius 3 is 2.42 bits per heavy atom. The van der Waals surface area contributed by atoms with E-state index in [2.05, 4.69) is 38.2 Å². The minimum Gasteiger partial charge on any atom is -0.507 e. The number of phenolic OH excluding ortho intramolecular Hbond substituents is 1. The number of phenols is 1. The van der Waals surface area contributed by atoms with Gasteiger partial charge >= 0.3 is 0 Å². The van der Waals surface area contributed by atoms with E-state index in [1.54, 1.807) is 35.3 Å². The number of hydrogen-bond acceptors (Lipinski definition) is 2. The summed E-state index contributed by atoms with van der Waals surface area (Å²) in [6.45, 7) is 15.4. The molecule has 0 bridgehead atoms. The predicted molar refractivity (Wildman–Crippen MR) is 98.0 cm³/mol. The van der Waals surface area contributed by atoms with Crippen LogP contribution in [-0.2, 0) is 4.79 Å². The van der Waals surface area contributed by atoms with Gasteiger partial charge < -0.3 is 10.0 Å². The molecule has 1 amide bonds. The molecule has 0 saturated heterocycles. The summed E-state index contributed by atoms with van der Waals surface area (Å²) in [5.41, 5.74) is 3.30. The zero-order chi connectivity index (χ0) is 17.7. The summed E-state index contributed by atoms with van der Waals surface area (Å²) in [4.78, 5) is 13.9. The highest BCUT2D eigenvalue weighted by molar-refractivity contribution is 6.03. The molecule has 1 aromatic rings. The van der Waals surface area contributed by atoms with Crippen molar-refractivity contribution < 1.29 is 9.90 Å². The highest BCUT2D eigenvalue weighted by atomic mass is 16.3. The lowest BCUT2D eigenvalue weighted by atomic mass is 10.1. The van der Waals surface area contributed by atoms with Crippen molar-refractivity contribution in [1.82, 2.24) is 4.90 Å². The van der Waals surface area contributed by atoms with Crippen LogP contribution < -0.4 is 0 Å². The molecular formula is C21H19NO2. The predicted octanol–water partition coefficient (Wildman–Crippen LogP) is 3.80. The highest BCUT2D eigenvalue weighted by Crippen LogP contribution is 2.29. The second kappa shape index (κ2) is 7.34. The number of hydrogen-bond donors (Lipinski definition) is 1. The van der Waals surface area contributed by atoms with E-state index in [-0.39, 0.29) is 11.7 Å². The third-order valence-electron chi connectivity index (χ3n) is 3.75. The first-order chi connectivity index (χ1) is 11.5. The molecule has 0 radical (unpaired) electrons. The molecule has 1 aliphatic heterocycles. The zero-order valence-electron chi connectivity index (χ0n) is 13.5. The Bertz CT molecular complexity index is 801. The van der Waals surface area contributed by atoms with Gasteiger partial charge in [-0.1, -0.05) is 56.4 Å². The fraction of sp³-hybridized carbons (Fsp3) is 0.0952. The van der Waals surface area contributed by atoms with Crippen LogP contribution in [0.5, 0.6) is 5.75 Å². The topological polar surface area (TPSA) is 40.5 Å². The van der Waals surface area contributed by atoms with Crippen LogP contribution in [0.2, 0.25) is 0 Å². The van der Waals surface area contributed by atoms with Gasteiger partial charge in [-0.3, -0.25) is 4.79 Å². The molecule has 3 nitrogen and oxygen atoms in total. The van der Waals surface area contributed by atoms with Crippen molar-refractivity contribution in [3.8, 4) is 17.6 Å². The van der Waals surface area contributed by atoms with Crippen molar-refractivity contribution in [2.45, 2.75) is 6.42 Å². The van der Waals surface area contributed by atoms with Crippen LogP contribution in [0.4, 0.5) is 0 Å². The van der Waals surface area contributed by atoms with Crippen LogP contribution in [0.1, 0.15) is 17.5 Å². The Hall–Kier alpha value is -3.25. The summed E-state index contributed by atoms with van der Waals surface area (Å²) in [5, 5.41) is 9.61. The Balaban J connectivity index is 2.05. The van der Waals surface area contributed by atoms with Crippen LogP contribution in [0.15, 0.2) is 73.5 Å². The summed E-state index contributed by atoms with van der Waals surface area (Å²) in [5.74, 6) is 6.11. The number of rotatable bonds is 5. The van der Waals surface area contributed by atoms with Crippen LogP contribution in [0.25, 0.3) is 6.08 Å². The van der Waals surface area contributed by atoms with Crippen molar-refractivity contribution in [3.63, 3.8) is 0 Å². The van der Waals surface area contributed by atoms with E-state index < -0.39 is 0 Å². The zero-order valence-corrected chi connectivity index (χ0v) is 13.5. The van der Waals surface area contributed by atoms with E-state index in [1.807, 2.05) is 0 Å². The molecule has 0 aliphatic carbocycles. The maximum Gasteiger partial charge on any atom is 0.258 e. The average Bonchev–Trinajstić information content (AvgIpc) is 2.82. The van der Waals surface area contributed by atoms with Gasteiger partial charge in [0.1, 0.15) is 5.75 Å². The standard InChI is InChI=1S/C21H19NO2/c1-5-17-14-16(11-12-20(17)23)10-8-9-13-22-15(4)18(6-2)19(7-3)21(22)24/h5-7,11-12,14,23H,1-4,9,13H2. The Kier molecular flexibility index (Phi) is 5.23. The highest BCUT2D eigenvalue weighted by Gasteiger charge is 2.29. The van der Waals surface area contributed by atoms with E-state index in [9.17, 15) is 9.90 Å². The van der Waals surface area contributed by atoms with Crippen molar-refractivity contribution in [1.29, 1.82) is 0 Å². The van der Waals surface area contributed by atoms with E-state index in [0.717, 1.165) is 11.1 Å². The molecular weight excluding hydrogens is 298 g/mol. The SMILES string of the molecule is C=CC1=C(C=C)C(=O)N(CCC#Cc2ccc(O)c(C=C)c2)C1=C. The number of nitrogens with zero attached hydrogens (tertiary/aromatic N) is 1. The van der Waals surface area contributed by atoms with E-state index >= 15 is 0 Å². The molecule has 0 saturated carbocycles. The van der Waals surface area contributed by atoms with Crippen LogP contribution in [0.3, 0.4) is 0 Å². The van der Waals surface area contributed by atoms with Gasteiger partial charge in [-0.2, -0.15) is 0 Å². The van der Waals surface area contributed by atoms with Gasteiger partial charge in [0.2, 0.25) is 0 Å². The van der Waals surface area contributed by atoms with Crippen molar-refractivity contribution in [2.24, 2.45) is 0 Å². The second-order valence-electron chi connectivity index (χ2n) is 5.17. The van der Waals surface area contributed by atoms with E-state index in [0.29, 0.717) is 29.8 Å². The minimum absolute atomic E-state index is 0.120. The summed E-state index contributed by atoms with van der Waals surface area (Å²) < 4.78 is 0. The molecule has 2 rings (SSSR count). The third-order valence-corrected chi connectivity index (χ3v) is 3.75. The van der Waals surface area contributed by atoms with Crippen molar-refractivity contribution >= 4 is 12.0 Å². The maximum atomic E-state index is 12.3. The molecule has 24 heavy (non-hydrogen) atoms. The van der Waals surface area contributed by atoms with Crippen molar-refractivity contribution in [2.75, 3.05) is 6.54 Å². The number of carbonyl (C=O) groups excluding carboxylic acids is 1. The summed E-state index contributed by atoms with van der Waals surface area (Å²) >= 11 is 0. The minimum atomic E-state index is -0.120. The monoisotopic (exact) mass is 317 g/mol. The smallest absolute Gasteiger partial charge is 0.258 e. The molecule has 1 N–H and O–H groups in total. The summed E-state index contributed by atoms with van der Waals surface area (Å²) in [6, 6.07) is 5.09. The number of aromatic hydroxyl groups is 1. The van der Waals surface area contributed by atoms with Gasteiger partial charge in [0.15, 0.2) is 0 Å². The molecule has 1 aromatic carbocycles. The van der Waals surface area contributed by atoms with Crippen molar-refractivity contribution in [3.05, 3.63) is 84.6 Å². The molecule has 0 atom stereocenters. The Labute approximate surface area is 142 Å². The van der Waals surface area contributed by atoms with Gasteiger partial charge in [-0.15, -0.1) is 0 Å². The molecule has 0 aromatic heterocycles. The first-order valence-corrected chi connectivity index (χ1v) is 7.48. The van der Waals surface area contributed by atoms with Gasteiger partial charge in [0, 0.05) is 40.9 Å². The van der Waals surface area contributed by atoms with Gasteiger partial charge in [0.05, 0.1) is 0 Å².